The number of nitrogens with one attached hydrogen (secondary N) is 1. The molecule has 2 aromatic rings. The van der Waals surface area contributed by atoms with Crippen LogP contribution in [-0.4, -0.2) is 5.91 Å². The number of carbonyl (C=O) groups is 1. The highest BCUT2D eigenvalue weighted by molar-refractivity contribution is 9.10. The first-order valence-corrected chi connectivity index (χ1v) is 6.77. The van der Waals surface area contributed by atoms with Gasteiger partial charge in [0.1, 0.15) is 5.82 Å². The lowest BCUT2D eigenvalue weighted by molar-refractivity contribution is 0.102. The molecule has 0 aliphatic rings. The first kappa shape index (κ1) is 14.1. The maximum absolute atomic E-state index is 13.1. The van der Waals surface area contributed by atoms with Crippen LogP contribution in [-0.2, 0) is 0 Å². The number of hydrogen-bond acceptors (Lipinski definition) is 2. The van der Waals surface area contributed by atoms with Crippen molar-refractivity contribution < 1.29 is 9.18 Å². The van der Waals surface area contributed by atoms with E-state index in [1.165, 1.54) is 18.2 Å². The summed E-state index contributed by atoms with van der Waals surface area (Å²) in [6, 6.07) is 9.65. The van der Waals surface area contributed by atoms with Crippen molar-refractivity contribution >= 4 is 40.2 Å². The number of anilines is 1. The molecule has 1 N–H and O–H groups in total. The van der Waals surface area contributed by atoms with Crippen molar-refractivity contribution in [3.8, 4) is 0 Å². The molecule has 0 saturated carbocycles. The Morgan fingerprint density at radius 3 is 2.63 bits per heavy atom. The predicted molar refractivity (Wildman–Crippen MR) is 80.5 cm³/mol. The van der Waals surface area contributed by atoms with Crippen LogP contribution in [0.15, 0.2) is 45.8 Å². The molecule has 0 saturated heterocycles. The Morgan fingerprint density at radius 1 is 1.26 bits per heavy atom. The highest BCUT2D eigenvalue weighted by atomic mass is 79.9. The average molecular weight is 340 g/mol. The lowest BCUT2D eigenvalue weighted by atomic mass is 10.2. The maximum atomic E-state index is 13.1. The SMILES string of the molecule is Cc1cc(Br)cc(NC(=O)c2ccc(F)c(S)c2)c1. The van der Waals surface area contributed by atoms with Crippen LogP contribution in [0.2, 0.25) is 0 Å². The summed E-state index contributed by atoms with van der Waals surface area (Å²) in [6.45, 7) is 1.93. The summed E-state index contributed by atoms with van der Waals surface area (Å²) in [4.78, 5) is 12.2. The molecule has 1 amide bonds. The largest absolute Gasteiger partial charge is 0.322 e. The molecule has 0 spiro atoms. The minimum atomic E-state index is -0.446. The molecule has 0 aliphatic carbocycles. The molecule has 98 valence electrons. The Balaban J connectivity index is 2.22. The first-order valence-electron chi connectivity index (χ1n) is 5.53. The second kappa shape index (κ2) is 5.75. The molecule has 2 nitrogen and oxygen atoms in total. The quantitative estimate of drug-likeness (QED) is 0.778. The molecule has 0 aliphatic heterocycles. The Hall–Kier alpha value is -1.33. The fraction of sp³-hybridized carbons (Fsp3) is 0.0714. The van der Waals surface area contributed by atoms with Gasteiger partial charge in [-0.3, -0.25) is 4.79 Å². The van der Waals surface area contributed by atoms with Crippen molar-refractivity contribution in [2.45, 2.75) is 11.8 Å². The first-order chi connectivity index (χ1) is 8.95. The molecule has 0 fully saturated rings. The van der Waals surface area contributed by atoms with Crippen molar-refractivity contribution in [3.63, 3.8) is 0 Å². The lowest BCUT2D eigenvalue weighted by Crippen LogP contribution is -2.12. The summed E-state index contributed by atoms with van der Waals surface area (Å²) in [6.07, 6.45) is 0. The van der Waals surface area contributed by atoms with Gasteiger partial charge in [0.05, 0.1) is 0 Å². The molecule has 19 heavy (non-hydrogen) atoms. The van der Waals surface area contributed by atoms with Crippen molar-refractivity contribution in [2.75, 3.05) is 5.32 Å². The van der Waals surface area contributed by atoms with Gasteiger partial charge in [0.2, 0.25) is 0 Å². The normalized spacial score (nSPS) is 10.3. The van der Waals surface area contributed by atoms with Crippen molar-refractivity contribution in [3.05, 3.63) is 57.8 Å². The van der Waals surface area contributed by atoms with Gasteiger partial charge in [0.15, 0.2) is 0 Å². The number of aryl methyl sites for hydroxylation is 1. The van der Waals surface area contributed by atoms with Crippen LogP contribution in [0.4, 0.5) is 10.1 Å². The summed E-state index contributed by atoms with van der Waals surface area (Å²) >= 11 is 7.33. The number of amides is 1. The standard InChI is InChI=1S/C14H11BrFNOS/c1-8-4-10(15)7-11(5-8)17-14(18)9-2-3-12(16)13(19)6-9/h2-7,19H,1H3,(H,17,18). The van der Waals surface area contributed by atoms with Crippen LogP contribution >= 0.6 is 28.6 Å². The Kier molecular flexibility index (Phi) is 4.27. The molecule has 2 rings (SSSR count). The van der Waals surface area contributed by atoms with Gasteiger partial charge in [-0.05, 0) is 48.9 Å². The van der Waals surface area contributed by atoms with E-state index in [0.717, 1.165) is 10.0 Å². The van der Waals surface area contributed by atoms with Gasteiger partial charge in [0.25, 0.3) is 5.91 Å². The minimum Gasteiger partial charge on any atom is -0.322 e. The van der Waals surface area contributed by atoms with Crippen molar-refractivity contribution in [2.24, 2.45) is 0 Å². The number of hydrogen-bond donors (Lipinski definition) is 2. The zero-order chi connectivity index (χ0) is 14.0. The minimum absolute atomic E-state index is 0.151. The van der Waals surface area contributed by atoms with Crippen LogP contribution in [0, 0.1) is 12.7 Å². The molecule has 0 bridgehead atoms. The fourth-order valence-electron chi connectivity index (χ4n) is 1.67. The molecular weight excluding hydrogens is 329 g/mol. The van der Waals surface area contributed by atoms with Crippen molar-refractivity contribution in [1.82, 2.24) is 0 Å². The monoisotopic (exact) mass is 339 g/mol. The molecule has 0 radical (unpaired) electrons. The van der Waals surface area contributed by atoms with E-state index in [1.54, 1.807) is 6.07 Å². The number of halogens is 2. The van der Waals surface area contributed by atoms with Gasteiger partial charge >= 0.3 is 0 Å². The van der Waals surface area contributed by atoms with Crippen molar-refractivity contribution in [1.29, 1.82) is 0 Å². The van der Waals surface area contributed by atoms with Crippen LogP contribution < -0.4 is 5.32 Å². The molecule has 0 heterocycles. The molecule has 0 atom stereocenters. The summed E-state index contributed by atoms with van der Waals surface area (Å²) in [7, 11) is 0. The van der Waals surface area contributed by atoms with Gasteiger partial charge in [-0.1, -0.05) is 15.9 Å². The lowest BCUT2D eigenvalue weighted by Gasteiger charge is -2.07. The third kappa shape index (κ3) is 3.58. The second-order valence-corrected chi connectivity index (χ2v) is 5.54. The van der Waals surface area contributed by atoms with Crippen LogP contribution in [0.1, 0.15) is 15.9 Å². The third-order valence-corrected chi connectivity index (χ3v) is 3.31. The van der Waals surface area contributed by atoms with E-state index in [-0.39, 0.29) is 10.8 Å². The van der Waals surface area contributed by atoms with Gasteiger partial charge in [-0.15, -0.1) is 12.6 Å². The number of carbonyl (C=O) groups excluding carboxylic acids is 1. The number of rotatable bonds is 2. The van der Waals surface area contributed by atoms with Crippen LogP contribution in [0.3, 0.4) is 0 Å². The topological polar surface area (TPSA) is 29.1 Å². The third-order valence-electron chi connectivity index (χ3n) is 2.51. The van der Waals surface area contributed by atoms with E-state index in [1.807, 2.05) is 19.1 Å². The van der Waals surface area contributed by atoms with E-state index in [9.17, 15) is 9.18 Å². The Bertz CT molecular complexity index is 625. The van der Waals surface area contributed by atoms with Gasteiger partial charge in [0, 0.05) is 20.6 Å². The van der Waals surface area contributed by atoms with E-state index in [4.69, 9.17) is 0 Å². The highest BCUT2D eigenvalue weighted by Crippen LogP contribution is 2.20. The summed E-state index contributed by atoms with van der Waals surface area (Å²) in [5.41, 5.74) is 2.07. The average Bonchev–Trinajstić information content (AvgIpc) is 2.31. The van der Waals surface area contributed by atoms with Crippen LogP contribution in [0.25, 0.3) is 0 Å². The van der Waals surface area contributed by atoms with Gasteiger partial charge in [-0.25, -0.2) is 4.39 Å². The summed E-state index contributed by atoms with van der Waals surface area (Å²) < 4.78 is 14.0. The van der Waals surface area contributed by atoms with E-state index in [2.05, 4.69) is 33.9 Å². The number of benzene rings is 2. The van der Waals surface area contributed by atoms with Gasteiger partial charge < -0.3 is 5.32 Å². The summed E-state index contributed by atoms with van der Waals surface area (Å²) in [5.74, 6) is -0.744. The molecule has 5 heteroatoms. The Labute approximate surface area is 124 Å². The van der Waals surface area contributed by atoms with E-state index < -0.39 is 5.82 Å². The van der Waals surface area contributed by atoms with E-state index >= 15 is 0 Å². The molecule has 0 unspecified atom stereocenters. The van der Waals surface area contributed by atoms with E-state index in [0.29, 0.717) is 11.3 Å². The smallest absolute Gasteiger partial charge is 0.255 e. The highest BCUT2D eigenvalue weighted by Gasteiger charge is 2.09. The molecular formula is C14H11BrFNOS. The molecule has 0 aromatic heterocycles. The van der Waals surface area contributed by atoms with Crippen LogP contribution in [0.5, 0.6) is 0 Å². The fourth-order valence-corrected chi connectivity index (χ4v) is 2.49. The zero-order valence-electron chi connectivity index (χ0n) is 10.1. The summed E-state index contributed by atoms with van der Waals surface area (Å²) in [5, 5.41) is 2.76. The zero-order valence-corrected chi connectivity index (χ0v) is 12.6. The maximum Gasteiger partial charge on any atom is 0.255 e. The number of thiol groups is 1. The van der Waals surface area contributed by atoms with Gasteiger partial charge in [-0.2, -0.15) is 0 Å². The second-order valence-electron chi connectivity index (χ2n) is 4.14. The Morgan fingerprint density at radius 2 is 2.00 bits per heavy atom. The predicted octanol–water partition coefficient (Wildman–Crippen LogP) is 4.44. The molecule has 2 aromatic carbocycles.